The Labute approximate surface area is 122 Å². The van der Waals surface area contributed by atoms with Crippen LogP contribution in [-0.4, -0.2) is 34.3 Å². The van der Waals surface area contributed by atoms with Crippen LogP contribution in [0.3, 0.4) is 0 Å². The Hall–Kier alpha value is -1.36. The number of nitrogens with one attached hydrogen (secondary N) is 2. The second-order valence-corrected chi connectivity index (χ2v) is 5.14. The lowest BCUT2D eigenvalue weighted by Crippen LogP contribution is -2.12. The van der Waals surface area contributed by atoms with Crippen LogP contribution in [0.5, 0.6) is 0 Å². The van der Waals surface area contributed by atoms with Gasteiger partial charge in [0.2, 0.25) is 0 Å². The first-order chi connectivity index (χ1) is 9.69. The van der Waals surface area contributed by atoms with Crippen molar-refractivity contribution in [3.8, 4) is 0 Å². The highest BCUT2D eigenvalue weighted by Gasteiger charge is 2.10. The van der Waals surface area contributed by atoms with Crippen LogP contribution < -0.4 is 10.6 Å². The Morgan fingerprint density at radius 1 is 1.10 bits per heavy atom. The fraction of sp³-hybridized carbons (Fsp3) is 0.733. The lowest BCUT2D eigenvalue weighted by Gasteiger charge is -2.15. The molecule has 1 aromatic heterocycles. The van der Waals surface area contributed by atoms with Crippen LogP contribution in [0, 0.1) is 0 Å². The second kappa shape index (κ2) is 9.53. The van der Waals surface area contributed by atoms with Crippen molar-refractivity contribution in [2.45, 2.75) is 59.0 Å². The number of rotatable bonds is 10. The van der Waals surface area contributed by atoms with Gasteiger partial charge in [0.15, 0.2) is 0 Å². The molecule has 1 rings (SSSR count). The van der Waals surface area contributed by atoms with Gasteiger partial charge in [-0.1, -0.05) is 20.3 Å². The zero-order valence-electron chi connectivity index (χ0n) is 12.9. The minimum atomic E-state index is -0.237. The molecule has 3 N–H and O–H groups in total. The van der Waals surface area contributed by atoms with Gasteiger partial charge in [0.25, 0.3) is 0 Å². The van der Waals surface area contributed by atoms with Crippen LogP contribution in [0.2, 0.25) is 0 Å². The van der Waals surface area contributed by atoms with Crippen molar-refractivity contribution >= 4 is 11.6 Å². The zero-order chi connectivity index (χ0) is 14.8. The molecule has 20 heavy (non-hydrogen) atoms. The first-order valence-corrected chi connectivity index (χ1v) is 7.68. The summed E-state index contributed by atoms with van der Waals surface area (Å²) in [4.78, 5) is 8.71. The molecule has 0 aromatic carbocycles. The van der Waals surface area contributed by atoms with Gasteiger partial charge in [-0.15, -0.1) is 0 Å². The quantitative estimate of drug-likeness (QED) is 0.575. The number of aliphatic hydroxyl groups excluding tert-OH is 1. The predicted octanol–water partition coefficient (Wildman–Crippen LogP) is 2.82. The van der Waals surface area contributed by atoms with Crippen LogP contribution in [0.4, 0.5) is 11.6 Å². The predicted molar refractivity (Wildman–Crippen MR) is 84.2 cm³/mol. The van der Waals surface area contributed by atoms with Gasteiger partial charge in [0.1, 0.15) is 18.0 Å². The maximum absolute atomic E-state index is 9.27. The lowest BCUT2D eigenvalue weighted by molar-refractivity contribution is 0.183. The van der Waals surface area contributed by atoms with Crippen molar-refractivity contribution in [3.05, 3.63) is 11.9 Å². The molecule has 5 nitrogen and oxygen atoms in total. The Morgan fingerprint density at radius 3 is 2.30 bits per heavy atom. The highest BCUT2D eigenvalue weighted by molar-refractivity contribution is 5.57. The number of nitrogens with zero attached hydrogens (tertiary/aromatic N) is 2. The number of aliphatic hydroxyl groups is 1. The van der Waals surface area contributed by atoms with Crippen molar-refractivity contribution in [1.29, 1.82) is 0 Å². The molecule has 0 amide bonds. The third-order valence-electron chi connectivity index (χ3n) is 3.08. The normalized spacial score (nSPS) is 12.2. The van der Waals surface area contributed by atoms with E-state index in [0.29, 0.717) is 0 Å². The molecule has 0 saturated heterocycles. The average molecular weight is 280 g/mol. The van der Waals surface area contributed by atoms with Crippen molar-refractivity contribution in [2.24, 2.45) is 0 Å². The van der Waals surface area contributed by atoms with E-state index in [2.05, 4.69) is 34.4 Å². The molecule has 0 fully saturated rings. The minimum Gasteiger partial charge on any atom is -0.393 e. The van der Waals surface area contributed by atoms with Gasteiger partial charge in [0.05, 0.1) is 6.10 Å². The molecule has 0 bridgehead atoms. The van der Waals surface area contributed by atoms with E-state index < -0.39 is 0 Å². The smallest absolute Gasteiger partial charge is 0.134 e. The molecule has 1 unspecified atom stereocenters. The Morgan fingerprint density at radius 2 is 1.75 bits per heavy atom. The highest BCUT2D eigenvalue weighted by atomic mass is 16.3. The number of hydrogen-bond donors (Lipinski definition) is 3. The molecule has 1 atom stereocenters. The SMILES string of the molecule is CCCNc1ncnc(NCCCC(C)O)c1CCC. The second-order valence-electron chi connectivity index (χ2n) is 5.14. The summed E-state index contributed by atoms with van der Waals surface area (Å²) in [6, 6.07) is 0. The molecule has 0 aliphatic heterocycles. The molecule has 0 aliphatic rings. The average Bonchev–Trinajstić information content (AvgIpc) is 2.43. The van der Waals surface area contributed by atoms with Gasteiger partial charge < -0.3 is 15.7 Å². The number of hydrogen-bond acceptors (Lipinski definition) is 5. The van der Waals surface area contributed by atoms with Crippen LogP contribution in [0.1, 0.15) is 52.0 Å². The maximum Gasteiger partial charge on any atom is 0.134 e. The Kier molecular flexibility index (Phi) is 7.95. The Bertz CT molecular complexity index is 382. The molecule has 0 radical (unpaired) electrons. The first kappa shape index (κ1) is 16.7. The first-order valence-electron chi connectivity index (χ1n) is 7.68. The van der Waals surface area contributed by atoms with Crippen molar-refractivity contribution in [3.63, 3.8) is 0 Å². The summed E-state index contributed by atoms with van der Waals surface area (Å²) in [5, 5.41) is 16.0. The molecule has 1 heterocycles. The van der Waals surface area contributed by atoms with Crippen LogP contribution in [0.25, 0.3) is 0 Å². The molecule has 1 aromatic rings. The van der Waals surface area contributed by atoms with E-state index in [4.69, 9.17) is 0 Å². The summed E-state index contributed by atoms with van der Waals surface area (Å²) in [6.45, 7) is 7.87. The van der Waals surface area contributed by atoms with Crippen LogP contribution >= 0.6 is 0 Å². The monoisotopic (exact) mass is 280 g/mol. The fourth-order valence-electron chi connectivity index (χ4n) is 2.05. The maximum atomic E-state index is 9.27. The number of anilines is 2. The van der Waals surface area contributed by atoms with Crippen LogP contribution in [-0.2, 0) is 6.42 Å². The summed E-state index contributed by atoms with van der Waals surface area (Å²) < 4.78 is 0. The highest BCUT2D eigenvalue weighted by Crippen LogP contribution is 2.21. The fourth-order valence-corrected chi connectivity index (χ4v) is 2.05. The minimum absolute atomic E-state index is 0.237. The van der Waals surface area contributed by atoms with E-state index in [1.165, 1.54) is 5.56 Å². The number of aromatic nitrogens is 2. The third kappa shape index (κ3) is 5.74. The zero-order valence-corrected chi connectivity index (χ0v) is 12.9. The molecule has 0 aliphatic carbocycles. The van der Waals surface area contributed by atoms with E-state index in [9.17, 15) is 5.11 Å². The van der Waals surface area contributed by atoms with Gasteiger partial charge in [0, 0.05) is 18.7 Å². The molecule has 114 valence electrons. The summed E-state index contributed by atoms with van der Waals surface area (Å²) >= 11 is 0. The Balaban J connectivity index is 2.67. The van der Waals surface area contributed by atoms with E-state index in [1.807, 2.05) is 6.92 Å². The summed E-state index contributed by atoms with van der Waals surface area (Å²) in [7, 11) is 0. The van der Waals surface area contributed by atoms with Crippen molar-refractivity contribution in [1.82, 2.24) is 9.97 Å². The van der Waals surface area contributed by atoms with Gasteiger partial charge in [-0.25, -0.2) is 9.97 Å². The third-order valence-corrected chi connectivity index (χ3v) is 3.08. The van der Waals surface area contributed by atoms with E-state index in [0.717, 1.165) is 56.8 Å². The van der Waals surface area contributed by atoms with Gasteiger partial charge in [-0.05, 0) is 32.6 Å². The van der Waals surface area contributed by atoms with Gasteiger partial charge in [-0.2, -0.15) is 0 Å². The molecule has 5 heteroatoms. The largest absolute Gasteiger partial charge is 0.393 e. The summed E-state index contributed by atoms with van der Waals surface area (Å²) in [5.74, 6) is 1.87. The topological polar surface area (TPSA) is 70.1 Å². The van der Waals surface area contributed by atoms with Crippen LogP contribution in [0.15, 0.2) is 6.33 Å². The van der Waals surface area contributed by atoms with Gasteiger partial charge >= 0.3 is 0 Å². The standard InChI is InChI=1S/C15H28N4O/c1-4-7-13-14(16-9-5-2)18-11-19-15(13)17-10-6-8-12(3)20/h11-12,20H,4-10H2,1-3H3,(H2,16,17,18,19). The van der Waals surface area contributed by atoms with Crippen molar-refractivity contribution < 1.29 is 5.11 Å². The van der Waals surface area contributed by atoms with E-state index >= 15 is 0 Å². The molecular formula is C15H28N4O. The molecular weight excluding hydrogens is 252 g/mol. The lowest BCUT2D eigenvalue weighted by atomic mass is 10.1. The molecule has 0 spiro atoms. The summed E-state index contributed by atoms with van der Waals surface area (Å²) in [6.07, 6.45) is 6.22. The molecule has 0 saturated carbocycles. The van der Waals surface area contributed by atoms with Gasteiger partial charge in [-0.3, -0.25) is 0 Å². The van der Waals surface area contributed by atoms with E-state index in [-0.39, 0.29) is 6.10 Å². The summed E-state index contributed by atoms with van der Waals surface area (Å²) in [5.41, 5.74) is 1.17. The van der Waals surface area contributed by atoms with E-state index in [1.54, 1.807) is 6.33 Å². The van der Waals surface area contributed by atoms with Crippen molar-refractivity contribution in [2.75, 3.05) is 23.7 Å².